The monoisotopic (exact) mass is 386 g/mol. The van der Waals surface area contributed by atoms with Crippen LogP contribution in [0.25, 0.3) is 11.3 Å². The van der Waals surface area contributed by atoms with Crippen LogP contribution >= 0.6 is 0 Å². The maximum atomic E-state index is 13.6. The van der Waals surface area contributed by atoms with Crippen LogP contribution in [-0.2, 0) is 12.7 Å². The van der Waals surface area contributed by atoms with Crippen molar-refractivity contribution in [3.05, 3.63) is 64.7 Å². The SMILES string of the molecule is Cc1c(C(F)(F)F)n[nH]c1-c1ccc(NCc2c(F)ccc(F)c2F)nc1. The van der Waals surface area contributed by atoms with Crippen LogP contribution in [0.15, 0.2) is 30.5 Å². The second-order valence-corrected chi connectivity index (χ2v) is 5.68. The zero-order valence-corrected chi connectivity index (χ0v) is 13.8. The van der Waals surface area contributed by atoms with Crippen LogP contribution in [-0.4, -0.2) is 15.2 Å². The molecule has 0 fully saturated rings. The smallest absolute Gasteiger partial charge is 0.366 e. The van der Waals surface area contributed by atoms with Crippen molar-refractivity contribution in [1.29, 1.82) is 0 Å². The summed E-state index contributed by atoms with van der Waals surface area (Å²) in [6, 6.07) is 4.38. The highest BCUT2D eigenvalue weighted by Gasteiger charge is 2.36. The Labute approximate surface area is 149 Å². The Morgan fingerprint density at radius 3 is 2.33 bits per heavy atom. The van der Waals surface area contributed by atoms with Crippen molar-refractivity contribution in [1.82, 2.24) is 15.2 Å². The molecule has 0 spiro atoms. The van der Waals surface area contributed by atoms with E-state index in [1.54, 1.807) is 0 Å². The summed E-state index contributed by atoms with van der Waals surface area (Å²) in [6.45, 7) is 0.923. The van der Waals surface area contributed by atoms with Gasteiger partial charge in [-0.25, -0.2) is 18.2 Å². The molecule has 4 nitrogen and oxygen atoms in total. The van der Waals surface area contributed by atoms with Gasteiger partial charge in [0.1, 0.15) is 11.6 Å². The quantitative estimate of drug-likeness (QED) is 0.499. The van der Waals surface area contributed by atoms with E-state index in [0.29, 0.717) is 11.6 Å². The van der Waals surface area contributed by atoms with Crippen molar-refractivity contribution in [2.75, 3.05) is 5.32 Å². The number of nitrogens with one attached hydrogen (secondary N) is 2. The Balaban J connectivity index is 1.77. The number of benzene rings is 1. The number of alkyl halides is 3. The molecular formula is C17H12F6N4. The summed E-state index contributed by atoms with van der Waals surface area (Å²) < 4.78 is 78.8. The summed E-state index contributed by atoms with van der Waals surface area (Å²) in [5.41, 5.74) is -1.07. The molecule has 27 heavy (non-hydrogen) atoms. The van der Waals surface area contributed by atoms with Gasteiger partial charge in [-0.3, -0.25) is 5.10 Å². The van der Waals surface area contributed by atoms with Gasteiger partial charge in [0.25, 0.3) is 0 Å². The van der Waals surface area contributed by atoms with Gasteiger partial charge in [-0.2, -0.15) is 18.3 Å². The van der Waals surface area contributed by atoms with Crippen molar-refractivity contribution < 1.29 is 26.3 Å². The molecule has 0 radical (unpaired) electrons. The normalized spacial score (nSPS) is 11.7. The molecule has 0 aliphatic carbocycles. The van der Waals surface area contributed by atoms with E-state index in [-0.39, 0.29) is 23.6 Å². The minimum Gasteiger partial charge on any atom is -0.366 e. The molecule has 1 aromatic carbocycles. The molecule has 0 saturated heterocycles. The Morgan fingerprint density at radius 1 is 1.04 bits per heavy atom. The van der Waals surface area contributed by atoms with Crippen LogP contribution in [0.4, 0.5) is 32.2 Å². The number of pyridine rings is 1. The highest BCUT2D eigenvalue weighted by molar-refractivity contribution is 5.64. The lowest BCUT2D eigenvalue weighted by molar-refractivity contribution is -0.141. The van der Waals surface area contributed by atoms with E-state index < -0.39 is 34.9 Å². The van der Waals surface area contributed by atoms with Crippen LogP contribution in [0, 0.1) is 24.4 Å². The number of nitrogens with zero attached hydrogens (tertiary/aromatic N) is 2. The van der Waals surface area contributed by atoms with Crippen molar-refractivity contribution in [3.63, 3.8) is 0 Å². The fourth-order valence-electron chi connectivity index (χ4n) is 2.51. The Morgan fingerprint density at radius 2 is 1.74 bits per heavy atom. The van der Waals surface area contributed by atoms with Crippen molar-refractivity contribution in [2.24, 2.45) is 0 Å². The standard InChI is InChI=1S/C17H12F6N4/c1-8-15(26-27-16(8)17(21,22)23)9-2-5-13(24-6-9)25-7-10-11(18)3-4-12(19)14(10)20/h2-6H,7H2,1H3,(H,24,25)(H,26,27). The number of anilines is 1. The summed E-state index contributed by atoms with van der Waals surface area (Å²) in [5, 5.41) is 8.23. The summed E-state index contributed by atoms with van der Waals surface area (Å²) in [6.07, 6.45) is -3.30. The number of halogens is 6. The predicted octanol–water partition coefficient (Wildman–Crippen LogP) is 4.83. The molecular weight excluding hydrogens is 374 g/mol. The van der Waals surface area contributed by atoms with Gasteiger partial charge >= 0.3 is 6.18 Å². The first-order valence-electron chi connectivity index (χ1n) is 7.63. The number of H-pyrrole nitrogens is 1. The average Bonchev–Trinajstić information content (AvgIpc) is 3.01. The van der Waals surface area contributed by atoms with E-state index in [1.165, 1.54) is 25.3 Å². The maximum Gasteiger partial charge on any atom is 0.435 e. The van der Waals surface area contributed by atoms with Crippen LogP contribution in [0.3, 0.4) is 0 Å². The van der Waals surface area contributed by atoms with E-state index in [1.807, 2.05) is 0 Å². The first kappa shape index (κ1) is 18.7. The van der Waals surface area contributed by atoms with Crippen molar-refractivity contribution in [3.8, 4) is 11.3 Å². The van der Waals surface area contributed by atoms with E-state index in [2.05, 4.69) is 20.5 Å². The number of aromatic nitrogens is 3. The summed E-state index contributed by atoms with van der Waals surface area (Å²) in [4.78, 5) is 3.99. The Hall–Kier alpha value is -3.04. The van der Waals surface area contributed by atoms with Crippen LogP contribution in [0.1, 0.15) is 16.8 Å². The van der Waals surface area contributed by atoms with Gasteiger partial charge in [0.2, 0.25) is 0 Å². The van der Waals surface area contributed by atoms with Crippen LogP contribution in [0.5, 0.6) is 0 Å². The van der Waals surface area contributed by atoms with E-state index >= 15 is 0 Å². The molecule has 0 saturated carbocycles. The third kappa shape index (κ3) is 3.74. The van der Waals surface area contributed by atoms with Gasteiger partial charge in [0.05, 0.1) is 5.69 Å². The second kappa shape index (κ2) is 6.93. The van der Waals surface area contributed by atoms with Gasteiger partial charge in [-0.05, 0) is 31.2 Å². The van der Waals surface area contributed by atoms with Crippen molar-refractivity contribution in [2.45, 2.75) is 19.6 Å². The molecule has 142 valence electrons. The zero-order valence-electron chi connectivity index (χ0n) is 13.8. The minimum atomic E-state index is -4.58. The largest absolute Gasteiger partial charge is 0.435 e. The van der Waals surface area contributed by atoms with Crippen LogP contribution in [0.2, 0.25) is 0 Å². The third-order valence-corrected chi connectivity index (χ3v) is 3.92. The van der Waals surface area contributed by atoms with Crippen molar-refractivity contribution >= 4 is 5.82 Å². The molecule has 0 bridgehead atoms. The first-order valence-corrected chi connectivity index (χ1v) is 7.63. The molecule has 0 unspecified atom stereocenters. The molecule has 2 aromatic heterocycles. The van der Waals surface area contributed by atoms with E-state index in [0.717, 1.165) is 6.07 Å². The van der Waals surface area contributed by atoms with Gasteiger partial charge in [0.15, 0.2) is 17.3 Å². The molecule has 3 rings (SSSR count). The second-order valence-electron chi connectivity index (χ2n) is 5.68. The average molecular weight is 386 g/mol. The summed E-state index contributed by atoms with van der Waals surface area (Å²) in [5.74, 6) is -3.18. The van der Waals surface area contributed by atoms with Crippen LogP contribution < -0.4 is 5.32 Å². The van der Waals surface area contributed by atoms with Gasteiger partial charge < -0.3 is 5.32 Å². The highest BCUT2D eigenvalue weighted by Crippen LogP contribution is 2.34. The maximum absolute atomic E-state index is 13.6. The third-order valence-electron chi connectivity index (χ3n) is 3.92. The minimum absolute atomic E-state index is 0.0751. The Kier molecular flexibility index (Phi) is 4.81. The fraction of sp³-hybridized carbons (Fsp3) is 0.176. The Bertz CT molecular complexity index is 963. The predicted molar refractivity (Wildman–Crippen MR) is 85.2 cm³/mol. The number of hydrogen-bond donors (Lipinski definition) is 2. The van der Waals surface area contributed by atoms with E-state index in [9.17, 15) is 26.3 Å². The summed E-state index contributed by atoms with van der Waals surface area (Å²) >= 11 is 0. The first-order chi connectivity index (χ1) is 12.7. The molecule has 0 atom stereocenters. The molecule has 2 N–H and O–H groups in total. The molecule has 10 heteroatoms. The molecule has 0 aliphatic rings. The zero-order chi connectivity index (χ0) is 19.8. The van der Waals surface area contributed by atoms with Gasteiger partial charge in [-0.15, -0.1) is 0 Å². The van der Waals surface area contributed by atoms with Gasteiger partial charge in [-0.1, -0.05) is 0 Å². The molecule has 0 amide bonds. The number of rotatable bonds is 4. The summed E-state index contributed by atoms with van der Waals surface area (Å²) in [7, 11) is 0. The lowest BCUT2D eigenvalue weighted by Gasteiger charge is -2.09. The molecule has 2 heterocycles. The molecule has 3 aromatic rings. The van der Waals surface area contributed by atoms with E-state index in [4.69, 9.17) is 0 Å². The van der Waals surface area contributed by atoms with Gasteiger partial charge in [0, 0.05) is 29.4 Å². The fourth-order valence-corrected chi connectivity index (χ4v) is 2.51. The highest BCUT2D eigenvalue weighted by atomic mass is 19.4. The lowest BCUT2D eigenvalue weighted by atomic mass is 10.1. The molecule has 0 aliphatic heterocycles. The topological polar surface area (TPSA) is 53.6 Å². The lowest BCUT2D eigenvalue weighted by Crippen LogP contribution is -2.07. The number of hydrogen-bond acceptors (Lipinski definition) is 3. The number of aromatic amines is 1.